The van der Waals surface area contributed by atoms with Crippen LogP contribution in [0.3, 0.4) is 0 Å². The standard InChI is InChI=1S/C11H9N5O5/c17-10(6-15-5-8(4-13-15)16(20)21)14-9-3-7(11(18)19)1-2-12-9/h1-5H,6H2,(H,18,19)(H,12,14,17). The number of carbonyl (C=O) groups excluding carboxylic acids is 1. The first-order valence-corrected chi connectivity index (χ1v) is 5.62. The molecule has 2 aromatic rings. The van der Waals surface area contributed by atoms with Crippen LogP contribution in [0.5, 0.6) is 0 Å². The zero-order valence-electron chi connectivity index (χ0n) is 10.5. The Hall–Kier alpha value is -3.30. The van der Waals surface area contributed by atoms with Crippen molar-refractivity contribution < 1.29 is 19.6 Å². The molecule has 21 heavy (non-hydrogen) atoms. The number of carboxylic acid groups (broad SMARTS) is 1. The average Bonchev–Trinajstić information content (AvgIpc) is 2.87. The van der Waals surface area contributed by atoms with Crippen LogP contribution in [0.2, 0.25) is 0 Å². The maximum atomic E-state index is 11.7. The van der Waals surface area contributed by atoms with Gasteiger partial charge in [-0.3, -0.25) is 19.6 Å². The third-order valence-electron chi connectivity index (χ3n) is 2.41. The number of aromatic nitrogens is 3. The van der Waals surface area contributed by atoms with Crippen molar-refractivity contribution in [3.05, 3.63) is 46.4 Å². The minimum Gasteiger partial charge on any atom is -0.478 e. The number of aromatic carboxylic acids is 1. The molecular weight excluding hydrogens is 282 g/mol. The number of pyridine rings is 1. The summed E-state index contributed by atoms with van der Waals surface area (Å²) in [5.41, 5.74) is -0.246. The second kappa shape index (κ2) is 5.77. The molecule has 0 aliphatic rings. The number of amides is 1. The Morgan fingerprint density at radius 1 is 1.48 bits per heavy atom. The van der Waals surface area contributed by atoms with E-state index in [-0.39, 0.29) is 23.6 Å². The van der Waals surface area contributed by atoms with Crippen molar-refractivity contribution in [1.29, 1.82) is 0 Å². The molecule has 0 bridgehead atoms. The molecule has 0 saturated heterocycles. The Morgan fingerprint density at radius 2 is 2.24 bits per heavy atom. The quantitative estimate of drug-likeness (QED) is 0.604. The Labute approximate surface area is 117 Å². The van der Waals surface area contributed by atoms with Crippen molar-refractivity contribution in [3.63, 3.8) is 0 Å². The van der Waals surface area contributed by atoms with Gasteiger partial charge >= 0.3 is 11.7 Å². The zero-order chi connectivity index (χ0) is 15.4. The maximum Gasteiger partial charge on any atom is 0.335 e. The minimum atomic E-state index is -1.14. The van der Waals surface area contributed by atoms with Crippen molar-refractivity contribution in [1.82, 2.24) is 14.8 Å². The Morgan fingerprint density at radius 3 is 2.86 bits per heavy atom. The predicted molar refractivity (Wildman–Crippen MR) is 68.7 cm³/mol. The highest BCUT2D eigenvalue weighted by atomic mass is 16.6. The lowest BCUT2D eigenvalue weighted by molar-refractivity contribution is -0.385. The van der Waals surface area contributed by atoms with Gasteiger partial charge in [0.25, 0.3) is 0 Å². The van der Waals surface area contributed by atoms with E-state index in [2.05, 4.69) is 15.4 Å². The normalized spacial score (nSPS) is 10.1. The molecule has 0 radical (unpaired) electrons. The largest absolute Gasteiger partial charge is 0.478 e. The van der Waals surface area contributed by atoms with Gasteiger partial charge in [-0.15, -0.1) is 0 Å². The van der Waals surface area contributed by atoms with Crippen LogP contribution in [-0.2, 0) is 11.3 Å². The summed E-state index contributed by atoms with van der Waals surface area (Å²) >= 11 is 0. The lowest BCUT2D eigenvalue weighted by Crippen LogP contribution is -2.19. The molecular formula is C11H9N5O5. The van der Waals surface area contributed by atoms with E-state index >= 15 is 0 Å². The van der Waals surface area contributed by atoms with E-state index < -0.39 is 16.8 Å². The molecule has 0 aliphatic carbocycles. The minimum absolute atomic E-state index is 0.0185. The Bertz CT molecular complexity index is 711. The van der Waals surface area contributed by atoms with E-state index in [4.69, 9.17) is 5.11 Å². The fourth-order valence-electron chi connectivity index (χ4n) is 1.49. The highest BCUT2D eigenvalue weighted by molar-refractivity contribution is 5.92. The third kappa shape index (κ3) is 3.59. The maximum absolute atomic E-state index is 11.7. The smallest absolute Gasteiger partial charge is 0.335 e. The molecule has 0 spiro atoms. The zero-order valence-corrected chi connectivity index (χ0v) is 10.5. The van der Waals surface area contributed by atoms with Crippen molar-refractivity contribution in [2.75, 3.05) is 5.32 Å². The molecule has 2 rings (SSSR count). The van der Waals surface area contributed by atoms with E-state index in [1.165, 1.54) is 18.3 Å². The second-order valence-corrected chi connectivity index (χ2v) is 3.94. The molecule has 0 aromatic carbocycles. The molecule has 0 fully saturated rings. The molecule has 2 aromatic heterocycles. The number of hydrogen-bond acceptors (Lipinski definition) is 6. The third-order valence-corrected chi connectivity index (χ3v) is 2.41. The van der Waals surface area contributed by atoms with Crippen LogP contribution in [0.4, 0.5) is 11.5 Å². The van der Waals surface area contributed by atoms with Gasteiger partial charge in [0.2, 0.25) is 5.91 Å². The monoisotopic (exact) mass is 291 g/mol. The van der Waals surface area contributed by atoms with Gasteiger partial charge in [-0.25, -0.2) is 9.78 Å². The van der Waals surface area contributed by atoms with Gasteiger partial charge in [0.15, 0.2) is 0 Å². The molecule has 10 heteroatoms. The van der Waals surface area contributed by atoms with E-state index in [0.29, 0.717) is 0 Å². The first-order chi connectivity index (χ1) is 9.95. The van der Waals surface area contributed by atoms with Crippen LogP contribution >= 0.6 is 0 Å². The average molecular weight is 291 g/mol. The van der Waals surface area contributed by atoms with Gasteiger partial charge in [-0.2, -0.15) is 5.10 Å². The number of nitro groups is 1. The number of nitrogens with one attached hydrogen (secondary N) is 1. The van der Waals surface area contributed by atoms with Crippen molar-refractivity contribution >= 4 is 23.4 Å². The molecule has 0 aliphatic heterocycles. The summed E-state index contributed by atoms with van der Waals surface area (Å²) in [5.74, 6) is -1.61. The topological polar surface area (TPSA) is 140 Å². The molecule has 1 amide bonds. The summed E-state index contributed by atoms with van der Waals surface area (Å²) in [5, 5.41) is 25.3. The van der Waals surface area contributed by atoms with Crippen LogP contribution in [0.15, 0.2) is 30.7 Å². The summed E-state index contributed by atoms with van der Waals surface area (Å²) in [6.45, 7) is -0.257. The first kappa shape index (κ1) is 14.1. The number of carbonyl (C=O) groups is 2. The second-order valence-electron chi connectivity index (χ2n) is 3.94. The summed E-state index contributed by atoms with van der Waals surface area (Å²) in [6.07, 6.45) is 3.38. The lowest BCUT2D eigenvalue weighted by Gasteiger charge is -2.04. The van der Waals surface area contributed by atoms with Crippen LogP contribution in [0, 0.1) is 10.1 Å². The summed E-state index contributed by atoms with van der Waals surface area (Å²) in [6, 6.07) is 2.49. The van der Waals surface area contributed by atoms with E-state index in [1.54, 1.807) is 0 Å². The molecule has 0 saturated carbocycles. The predicted octanol–water partition coefficient (Wildman–Crippen LogP) is 0.523. The highest BCUT2D eigenvalue weighted by Gasteiger charge is 2.12. The van der Waals surface area contributed by atoms with E-state index in [0.717, 1.165) is 17.1 Å². The number of nitrogens with zero attached hydrogens (tertiary/aromatic N) is 4. The molecule has 108 valence electrons. The molecule has 0 unspecified atom stereocenters. The van der Waals surface area contributed by atoms with Gasteiger partial charge in [-0.1, -0.05) is 0 Å². The SMILES string of the molecule is O=C(Cn1cc([N+](=O)[O-])cn1)Nc1cc(C(=O)O)ccn1. The number of hydrogen-bond donors (Lipinski definition) is 2. The lowest BCUT2D eigenvalue weighted by atomic mass is 10.2. The summed E-state index contributed by atoms with van der Waals surface area (Å²) in [4.78, 5) is 36.1. The van der Waals surface area contributed by atoms with Crippen LogP contribution in [-0.4, -0.2) is 36.7 Å². The summed E-state index contributed by atoms with van der Waals surface area (Å²) in [7, 11) is 0. The van der Waals surface area contributed by atoms with Gasteiger partial charge in [0.1, 0.15) is 24.8 Å². The first-order valence-electron chi connectivity index (χ1n) is 5.62. The van der Waals surface area contributed by atoms with Crippen LogP contribution in [0.25, 0.3) is 0 Å². The van der Waals surface area contributed by atoms with Crippen LogP contribution in [0.1, 0.15) is 10.4 Å². The summed E-state index contributed by atoms with van der Waals surface area (Å²) < 4.78 is 1.09. The van der Waals surface area contributed by atoms with Gasteiger partial charge in [0, 0.05) is 6.20 Å². The Kier molecular flexibility index (Phi) is 3.88. The number of rotatable bonds is 5. The van der Waals surface area contributed by atoms with Gasteiger partial charge < -0.3 is 10.4 Å². The number of carboxylic acids is 1. The van der Waals surface area contributed by atoms with E-state index in [1.807, 2.05) is 0 Å². The fraction of sp³-hybridized carbons (Fsp3) is 0.0909. The fourth-order valence-corrected chi connectivity index (χ4v) is 1.49. The van der Waals surface area contributed by atoms with Gasteiger partial charge in [0.05, 0.1) is 10.5 Å². The molecule has 2 heterocycles. The molecule has 0 atom stereocenters. The highest BCUT2D eigenvalue weighted by Crippen LogP contribution is 2.09. The van der Waals surface area contributed by atoms with Gasteiger partial charge in [-0.05, 0) is 12.1 Å². The molecule has 10 nitrogen and oxygen atoms in total. The van der Waals surface area contributed by atoms with E-state index in [9.17, 15) is 19.7 Å². The van der Waals surface area contributed by atoms with Crippen LogP contribution < -0.4 is 5.32 Å². The Balaban J connectivity index is 2.02. The number of anilines is 1. The molecule has 2 N–H and O–H groups in total. The van der Waals surface area contributed by atoms with Crippen molar-refractivity contribution in [3.8, 4) is 0 Å². The van der Waals surface area contributed by atoms with Crippen molar-refractivity contribution in [2.24, 2.45) is 0 Å². The van der Waals surface area contributed by atoms with Crippen molar-refractivity contribution in [2.45, 2.75) is 6.54 Å².